The van der Waals surface area contributed by atoms with Crippen LogP contribution in [0.3, 0.4) is 0 Å². The van der Waals surface area contributed by atoms with Crippen molar-refractivity contribution in [3.05, 3.63) is 61.1 Å². The Labute approximate surface area is 162 Å². The number of carbonyl (C=O) groups is 2. The van der Waals surface area contributed by atoms with E-state index in [1.807, 2.05) is 32.0 Å². The van der Waals surface area contributed by atoms with E-state index in [0.29, 0.717) is 11.3 Å². The maximum absolute atomic E-state index is 12.0. The quantitative estimate of drug-likeness (QED) is 0.496. The maximum Gasteiger partial charge on any atom is 0.276 e. The Bertz CT molecular complexity index is 780. The van der Waals surface area contributed by atoms with Gasteiger partial charge in [-0.3, -0.25) is 20.4 Å². The summed E-state index contributed by atoms with van der Waals surface area (Å²) in [6.45, 7) is 3.67. The van der Waals surface area contributed by atoms with Crippen LogP contribution in [0.1, 0.15) is 21.5 Å². The molecule has 5 nitrogen and oxygen atoms in total. The molecule has 0 radical (unpaired) electrons. The maximum atomic E-state index is 12.0. The van der Waals surface area contributed by atoms with Crippen LogP contribution in [0.5, 0.6) is 5.75 Å². The molecule has 0 spiro atoms. The second-order valence-corrected chi connectivity index (χ2v) is 7.24. The SMILES string of the molecule is Cc1ccc(C(=O)NNC(=O)COc2ccc(Br)cc2C)cc1I. The number of nitrogens with one attached hydrogen (secondary N) is 2. The number of halogens is 2. The van der Waals surface area contributed by atoms with Crippen molar-refractivity contribution < 1.29 is 14.3 Å². The molecule has 2 rings (SSSR count). The Balaban J connectivity index is 1.84. The van der Waals surface area contributed by atoms with Crippen molar-refractivity contribution >= 4 is 50.3 Å². The van der Waals surface area contributed by atoms with E-state index in [1.54, 1.807) is 18.2 Å². The van der Waals surface area contributed by atoms with E-state index >= 15 is 0 Å². The molecule has 0 heterocycles. The number of amides is 2. The molecule has 0 aromatic heterocycles. The van der Waals surface area contributed by atoms with E-state index in [2.05, 4.69) is 49.4 Å². The second-order valence-electron chi connectivity index (χ2n) is 5.16. The molecule has 0 aliphatic carbocycles. The molecule has 0 aliphatic heterocycles. The molecule has 2 N–H and O–H groups in total. The normalized spacial score (nSPS) is 10.2. The summed E-state index contributed by atoms with van der Waals surface area (Å²) in [5, 5.41) is 0. The van der Waals surface area contributed by atoms with E-state index in [-0.39, 0.29) is 12.5 Å². The molecule has 24 heavy (non-hydrogen) atoms. The number of carbonyl (C=O) groups excluding carboxylic acids is 2. The van der Waals surface area contributed by atoms with Gasteiger partial charge >= 0.3 is 0 Å². The number of hydrogen-bond donors (Lipinski definition) is 2. The summed E-state index contributed by atoms with van der Waals surface area (Å²) in [5.74, 6) is -0.193. The highest BCUT2D eigenvalue weighted by atomic mass is 127. The lowest BCUT2D eigenvalue weighted by Crippen LogP contribution is -2.43. The van der Waals surface area contributed by atoms with Gasteiger partial charge in [0.1, 0.15) is 5.75 Å². The molecule has 0 fully saturated rings. The minimum atomic E-state index is -0.438. The molecular formula is C17H16BrIN2O3. The van der Waals surface area contributed by atoms with Crippen LogP contribution in [-0.4, -0.2) is 18.4 Å². The van der Waals surface area contributed by atoms with Crippen LogP contribution >= 0.6 is 38.5 Å². The Morgan fingerprint density at radius 3 is 2.50 bits per heavy atom. The molecule has 2 amide bonds. The fourth-order valence-corrected chi connectivity index (χ4v) is 2.88. The Hall–Kier alpha value is -1.61. The summed E-state index contributed by atoms with van der Waals surface area (Å²) in [5.41, 5.74) is 7.20. The number of hydrazine groups is 1. The van der Waals surface area contributed by atoms with E-state index < -0.39 is 5.91 Å². The van der Waals surface area contributed by atoms with E-state index in [4.69, 9.17) is 4.74 Å². The largest absolute Gasteiger partial charge is 0.483 e. The zero-order valence-electron chi connectivity index (χ0n) is 13.2. The fraction of sp³-hybridized carbons (Fsp3) is 0.176. The summed E-state index contributed by atoms with van der Waals surface area (Å²) < 4.78 is 7.37. The van der Waals surface area contributed by atoms with Crippen molar-refractivity contribution in [1.82, 2.24) is 10.9 Å². The van der Waals surface area contributed by atoms with Crippen molar-refractivity contribution in [2.24, 2.45) is 0 Å². The highest BCUT2D eigenvalue weighted by Crippen LogP contribution is 2.21. The summed E-state index contributed by atoms with van der Waals surface area (Å²) >= 11 is 5.53. The number of ether oxygens (including phenoxy) is 1. The van der Waals surface area contributed by atoms with Gasteiger partial charge in [-0.2, -0.15) is 0 Å². The van der Waals surface area contributed by atoms with E-state index in [0.717, 1.165) is 19.2 Å². The van der Waals surface area contributed by atoms with Crippen LogP contribution in [0.25, 0.3) is 0 Å². The fourth-order valence-electron chi connectivity index (χ4n) is 1.89. The van der Waals surface area contributed by atoms with Crippen LogP contribution in [0, 0.1) is 17.4 Å². The van der Waals surface area contributed by atoms with Gasteiger partial charge in [0.25, 0.3) is 11.8 Å². The van der Waals surface area contributed by atoms with E-state index in [9.17, 15) is 9.59 Å². The Kier molecular flexibility index (Phi) is 6.61. The summed E-state index contributed by atoms with van der Waals surface area (Å²) in [6, 6.07) is 10.8. The predicted molar refractivity (Wildman–Crippen MR) is 104 cm³/mol. The average Bonchev–Trinajstić information content (AvgIpc) is 2.54. The smallest absolute Gasteiger partial charge is 0.276 e. The summed E-state index contributed by atoms with van der Waals surface area (Å²) in [7, 11) is 0. The van der Waals surface area contributed by atoms with Gasteiger partial charge in [-0.05, 0) is 77.9 Å². The highest BCUT2D eigenvalue weighted by Gasteiger charge is 2.10. The number of rotatable bonds is 4. The lowest BCUT2D eigenvalue weighted by molar-refractivity contribution is -0.123. The third-order valence-corrected chi connectivity index (χ3v) is 4.90. The molecule has 2 aromatic rings. The van der Waals surface area contributed by atoms with Crippen LogP contribution in [0.4, 0.5) is 0 Å². The van der Waals surface area contributed by atoms with Gasteiger partial charge in [0, 0.05) is 13.6 Å². The first-order valence-electron chi connectivity index (χ1n) is 7.11. The van der Waals surface area contributed by atoms with Gasteiger partial charge in [-0.25, -0.2) is 0 Å². The van der Waals surface area contributed by atoms with Crippen LogP contribution in [-0.2, 0) is 4.79 Å². The molecule has 0 unspecified atom stereocenters. The van der Waals surface area contributed by atoms with Gasteiger partial charge < -0.3 is 4.74 Å². The molecule has 0 saturated carbocycles. The van der Waals surface area contributed by atoms with Crippen LogP contribution in [0.2, 0.25) is 0 Å². The lowest BCUT2D eigenvalue weighted by Gasteiger charge is -2.11. The molecule has 0 aliphatic rings. The molecule has 0 saturated heterocycles. The lowest BCUT2D eigenvalue weighted by atomic mass is 10.1. The summed E-state index contributed by atoms with van der Waals surface area (Å²) in [6.07, 6.45) is 0. The minimum Gasteiger partial charge on any atom is -0.483 e. The molecular weight excluding hydrogens is 487 g/mol. The van der Waals surface area contributed by atoms with Crippen molar-refractivity contribution in [2.75, 3.05) is 6.61 Å². The number of aryl methyl sites for hydroxylation is 2. The Morgan fingerprint density at radius 2 is 1.83 bits per heavy atom. The van der Waals surface area contributed by atoms with E-state index in [1.165, 1.54) is 0 Å². The van der Waals surface area contributed by atoms with Gasteiger partial charge in [0.05, 0.1) is 0 Å². The standard InChI is InChI=1S/C17H16BrIN2O3/c1-10-3-4-12(8-14(10)19)17(23)21-20-16(22)9-24-15-6-5-13(18)7-11(15)2/h3-8H,9H2,1-2H3,(H,20,22)(H,21,23). The van der Waals surface area contributed by atoms with Crippen molar-refractivity contribution in [3.63, 3.8) is 0 Å². The van der Waals surface area contributed by atoms with Crippen molar-refractivity contribution in [3.8, 4) is 5.75 Å². The van der Waals surface area contributed by atoms with Gasteiger partial charge in [-0.15, -0.1) is 0 Å². The molecule has 2 aromatic carbocycles. The van der Waals surface area contributed by atoms with Crippen molar-refractivity contribution in [1.29, 1.82) is 0 Å². The summed E-state index contributed by atoms with van der Waals surface area (Å²) in [4.78, 5) is 23.8. The first kappa shape index (κ1) is 18.7. The van der Waals surface area contributed by atoms with Gasteiger partial charge in [0.15, 0.2) is 6.61 Å². The third-order valence-electron chi connectivity index (χ3n) is 3.25. The van der Waals surface area contributed by atoms with Gasteiger partial charge in [-0.1, -0.05) is 22.0 Å². The third kappa shape index (κ3) is 5.20. The first-order valence-corrected chi connectivity index (χ1v) is 8.98. The number of benzene rings is 2. The zero-order valence-corrected chi connectivity index (χ0v) is 16.9. The van der Waals surface area contributed by atoms with Crippen LogP contribution < -0.4 is 15.6 Å². The average molecular weight is 503 g/mol. The highest BCUT2D eigenvalue weighted by molar-refractivity contribution is 14.1. The monoisotopic (exact) mass is 502 g/mol. The molecule has 7 heteroatoms. The zero-order chi connectivity index (χ0) is 17.7. The molecule has 0 bridgehead atoms. The van der Waals surface area contributed by atoms with Crippen molar-refractivity contribution in [2.45, 2.75) is 13.8 Å². The predicted octanol–water partition coefficient (Wildman–Crippen LogP) is 3.51. The number of hydrogen-bond acceptors (Lipinski definition) is 3. The first-order chi connectivity index (χ1) is 11.4. The Morgan fingerprint density at radius 1 is 1.08 bits per heavy atom. The topological polar surface area (TPSA) is 67.4 Å². The molecule has 0 atom stereocenters. The molecule has 126 valence electrons. The minimum absolute atomic E-state index is 0.186. The van der Waals surface area contributed by atoms with Crippen LogP contribution in [0.15, 0.2) is 40.9 Å². The second kappa shape index (κ2) is 8.48. The van der Waals surface area contributed by atoms with Gasteiger partial charge in [0.2, 0.25) is 0 Å².